The quantitative estimate of drug-likeness (QED) is 0.444. The van der Waals surface area contributed by atoms with Gasteiger partial charge in [0, 0.05) is 6.07 Å². The van der Waals surface area contributed by atoms with Crippen LogP contribution < -0.4 is 19.7 Å². The van der Waals surface area contributed by atoms with Crippen LogP contribution in [-0.4, -0.2) is 31.1 Å². The molecule has 6 nitrogen and oxygen atoms in total. The lowest BCUT2D eigenvalue weighted by Gasteiger charge is -2.29. The fraction of sp³-hybridized carbons (Fsp3) is 0.190. The van der Waals surface area contributed by atoms with Gasteiger partial charge in [0.2, 0.25) is 0 Å². The summed E-state index contributed by atoms with van der Waals surface area (Å²) >= 11 is 11.5. The van der Waals surface area contributed by atoms with Crippen molar-refractivity contribution in [3.63, 3.8) is 0 Å². The molecule has 1 N–H and O–H groups in total. The van der Waals surface area contributed by atoms with Gasteiger partial charge in [-0.3, -0.25) is 19.8 Å². The van der Waals surface area contributed by atoms with Crippen LogP contribution in [0.3, 0.4) is 0 Å². The highest BCUT2D eigenvalue weighted by atomic mass is 35.5. The van der Waals surface area contributed by atoms with E-state index in [0.29, 0.717) is 27.8 Å². The molecule has 0 aromatic heterocycles. The Morgan fingerprint density at radius 2 is 1.72 bits per heavy atom. The SMILES string of the molecule is CCc1ccc(N2C(=O)/C(=C/c3cc(OC)c(OC)cc3Cl)C(=O)NC2=S)cc1. The van der Waals surface area contributed by atoms with Crippen LogP contribution in [0.1, 0.15) is 18.1 Å². The number of methoxy groups -OCH3 is 2. The number of amides is 2. The highest BCUT2D eigenvalue weighted by Gasteiger charge is 2.34. The third kappa shape index (κ3) is 4.11. The average molecular weight is 431 g/mol. The van der Waals surface area contributed by atoms with Crippen molar-refractivity contribution in [1.29, 1.82) is 0 Å². The van der Waals surface area contributed by atoms with Crippen LogP contribution in [0, 0.1) is 0 Å². The van der Waals surface area contributed by atoms with Gasteiger partial charge in [-0.25, -0.2) is 0 Å². The van der Waals surface area contributed by atoms with Crippen molar-refractivity contribution < 1.29 is 19.1 Å². The fourth-order valence-electron chi connectivity index (χ4n) is 2.91. The summed E-state index contributed by atoms with van der Waals surface area (Å²) in [5.41, 5.74) is 2.05. The Bertz CT molecular complexity index is 1020. The number of carbonyl (C=O) groups excluding carboxylic acids is 2. The molecule has 0 spiro atoms. The van der Waals surface area contributed by atoms with Crippen LogP contribution in [0.2, 0.25) is 5.02 Å². The van der Waals surface area contributed by atoms with E-state index in [9.17, 15) is 9.59 Å². The maximum Gasteiger partial charge on any atom is 0.270 e. The van der Waals surface area contributed by atoms with E-state index in [-0.39, 0.29) is 10.7 Å². The van der Waals surface area contributed by atoms with E-state index >= 15 is 0 Å². The highest BCUT2D eigenvalue weighted by molar-refractivity contribution is 7.80. The first kappa shape index (κ1) is 20.8. The molecule has 0 radical (unpaired) electrons. The first-order valence-electron chi connectivity index (χ1n) is 8.81. The van der Waals surface area contributed by atoms with Crippen molar-refractivity contribution in [2.24, 2.45) is 0 Å². The maximum absolute atomic E-state index is 13.1. The van der Waals surface area contributed by atoms with Gasteiger partial charge >= 0.3 is 0 Å². The molecule has 1 heterocycles. The molecule has 2 aromatic rings. The van der Waals surface area contributed by atoms with Gasteiger partial charge < -0.3 is 9.47 Å². The number of aryl methyl sites for hydroxylation is 1. The Balaban J connectivity index is 2.03. The van der Waals surface area contributed by atoms with Gasteiger partial charge in [-0.15, -0.1) is 0 Å². The molecule has 29 heavy (non-hydrogen) atoms. The smallest absolute Gasteiger partial charge is 0.270 e. The van der Waals surface area contributed by atoms with E-state index in [2.05, 4.69) is 5.32 Å². The Labute approximate surface area is 179 Å². The summed E-state index contributed by atoms with van der Waals surface area (Å²) in [5.74, 6) is -0.256. The Kier molecular flexibility index (Phi) is 6.20. The highest BCUT2D eigenvalue weighted by Crippen LogP contribution is 2.34. The molecule has 0 atom stereocenters. The Morgan fingerprint density at radius 1 is 1.10 bits per heavy atom. The number of carbonyl (C=O) groups is 2. The summed E-state index contributed by atoms with van der Waals surface area (Å²) in [6, 6.07) is 10.6. The minimum absolute atomic E-state index is 0.0276. The van der Waals surface area contributed by atoms with E-state index in [0.717, 1.165) is 12.0 Å². The number of thiocarbonyl (C=S) groups is 1. The number of hydrogen-bond donors (Lipinski definition) is 1. The summed E-state index contributed by atoms with van der Waals surface area (Å²) in [6.07, 6.45) is 2.29. The first-order chi connectivity index (χ1) is 13.9. The molecule has 0 aliphatic carbocycles. The molecule has 1 aliphatic heterocycles. The lowest BCUT2D eigenvalue weighted by molar-refractivity contribution is -0.122. The number of nitrogens with one attached hydrogen (secondary N) is 1. The minimum atomic E-state index is -0.590. The van der Waals surface area contributed by atoms with Gasteiger partial charge in [0.25, 0.3) is 11.8 Å². The van der Waals surface area contributed by atoms with Crippen LogP contribution in [0.25, 0.3) is 6.08 Å². The molecular formula is C21H19ClN2O4S. The summed E-state index contributed by atoms with van der Waals surface area (Å²) in [4.78, 5) is 26.9. The normalized spacial score (nSPS) is 15.5. The molecule has 2 aromatic carbocycles. The number of anilines is 1. The topological polar surface area (TPSA) is 67.9 Å². The summed E-state index contributed by atoms with van der Waals surface area (Å²) < 4.78 is 10.5. The number of nitrogens with zero attached hydrogens (tertiary/aromatic N) is 1. The summed E-state index contributed by atoms with van der Waals surface area (Å²) in [6.45, 7) is 2.04. The summed E-state index contributed by atoms with van der Waals surface area (Å²) in [5, 5.41) is 2.89. The molecule has 1 aliphatic rings. The van der Waals surface area contributed by atoms with Gasteiger partial charge in [0.1, 0.15) is 5.57 Å². The van der Waals surface area contributed by atoms with E-state index < -0.39 is 11.8 Å². The minimum Gasteiger partial charge on any atom is -0.493 e. The van der Waals surface area contributed by atoms with Gasteiger partial charge in [-0.05, 0) is 54.0 Å². The predicted molar refractivity (Wildman–Crippen MR) is 117 cm³/mol. The second-order valence-electron chi connectivity index (χ2n) is 6.21. The number of benzene rings is 2. The van der Waals surface area contributed by atoms with Crippen molar-refractivity contribution in [3.05, 3.63) is 58.1 Å². The van der Waals surface area contributed by atoms with Crippen molar-refractivity contribution in [2.45, 2.75) is 13.3 Å². The summed E-state index contributed by atoms with van der Waals surface area (Å²) in [7, 11) is 2.98. The van der Waals surface area contributed by atoms with Gasteiger partial charge in [-0.2, -0.15) is 0 Å². The van der Waals surface area contributed by atoms with Crippen molar-refractivity contribution >= 4 is 52.5 Å². The molecule has 2 amide bonds. The Morgan fingerprint density at radius 3 is 2.31 bits per heavy atom. The maximum atomic E-state index is 13.1. The molecule has 8 heteroatoms. The number of hydrogen-bond acceptors (Lipinski definition) is 5. The third-order valence-corrected chi connectivity index (χ3v) is 5.12. The molecule has 3 rings (SSSR count). The monoisotopic (exact) mass is 430 g/mol. The zero-order chi connectivity index (χ0) is 21.1. The molecule has 0 bridgehead atoms. The molecule has 150 valence electrons. The van der Waals surface area contributed by atoms with E-state index in [1.165, 1.54) is 25.2 Å². The first-order valence-corrected chi connectivity index (χ1v) is 9.60. The lowest BCUT2D eigenvalue weighted by Crippen LogP contribution is -2.54. The molecule has 1 fully saturated rings. The fourth-order valence-corrected chi connectivity index (χ4v) is 3.40. The van der Waals surface area contributed by atoms with Gasteiger partial charge in [0.15, 0.2) is 16.6 Å². The van der Waals surface area contributed by atoms with Crippen LogP contribution in [-0.2, 0) is 16.0 Å². The van der Waals surface area contributed by atoms with E-state index in [4.69, 9.17) is 33.3 Å². The number of ether oxygens (including phenoxy) is 2. The van der Waals surface area contributed by atoms with Gasteiger partial charge in [0.05, 0.1) is 24.9 Å². The van der Waals surface area contributed by atoms with E-state index in [1.54, 1.807) is 24.3 Å². The lowest BCUT2D eigenvalue weighted by atomic mass is 10.1. The van der Waals surface area contributed by atoms with Gasteiger partial charge in [-0.1, -0.05) is 30.7 Å². The zero-order valence-electron chi connectivity index (χ0n) is 16.1. The van der Waals surface area contributed by atoms with Crippen LogP contribution in [0.15, 0.2) is 42.0 Å². The molecule has 0 unspecified atom stereocenters. The number of rotatable bonds is 5. The van der Waals surface area contributed by atoms with Crippen LogP contribution in [0.5, 0.6) is 11.5 Å². The molecule has 0 saturated carbocycles. The zero-order valence-corrected chi connectivity index (χ0v) is 17.7. The second-order valence-corrected chi connectivity index (χ2v) is 7.00. The third-order valence-electron chi connectivity index (χ3n) is 4.51. The predicted octanol–water partition coefficient (Wildman–Crippen LogP) is 3.75. The van der Waals surface area contributed by atoms with E-state index in [1.807, 2.05) is 19.1 Å². The second kappa shape index (κ2) is 8.63. The molecular weight excluding hydrogens is 412 g/mol. The van der Waals surface area contributed by atoms with Crippen molar-refractivity contribution in [3.8, 4) is 11.5 Å². The largest absolute Gasteiger partial charge is 0.493 e. The van der Waals surface area contributed by atoms with Crippen LogP contribution in [0.4, 0.5) is 5.69 Å². The average Bonchev–Trinajstić information content (AvgIpc) is 2.72. The van der Waals surface area contributed by atoms with Crippen LogP contribution >= 0.6 is 23.8 Å². The van der Waals surface area contributed by atoms with Crippen molar-refractivity contribution in [1.82, 2.24) is 5.32 Å². The Hall–Kier alpha value is -2.90. The standard InChI is InChI=1S/C21H19ClN2O4S/c1-4-12-5-7-14(8-6-12)24-20(26)15(19(25)23-21(24)29)9-13-10-17(27-2)18(28-3)11-16(13)22/h5-11H,4H2,1-3H3,(H,23,25,29)/b15-9+. The molecule has 1 saturated heterocycles. The van der Waals surface area contributed by atoms with Crippen molar-refractivity contribution in [2.75, 3.05) is 19.1 Å². The number of halogens is 1.